The Morgan fingerprint density at radius 1 is 1.27 bits per heavy atom. The fourth-order valence-electron chi connectivity index (χ4n) is 3.19. The summed E-state index contributed by atoms with van der Waals surface area (Å²) in [6.07, 6.45) is 2.00. The maximum absolute atomic E-state index is 12.2. The number of anilines is 2. The topological polar surface area (TPSA) is 67.6 Å². The molecule has 0 saturated heterocycles. The normalized spacial score (nSPS) is 12.7. The van der Waals surface area contributed by atoms with Crippen molar-refractivity contribution in [3.63, 3.8) is 0 Å². The van der Waals surface area contributed by atoms with Crippen molar-refractivity contribution in [3.8, 4) is 5.75 Å². The molecule has 0 unspecified atom stereocenters. The molecule has 1 heterocycles. The molecular formula is C20H26ClN3O2. The zero-order chi connectivity index (χ0) is 17.6. The zero-order valence-corrected chi connectivity index (χ0v) is 15.8. The zero-order valence-electron chi connectivity index (χ0n) is 15.0. The third-order valence-electron chi connectivity index (χ3n) is 4.40. The van der Waals surface area contributed by atoms with Crippen LogP contribution in [-0.2, 0) is 11.2 Å². The van der Waals surface area contributed by atoms with E-state index < -0.39 is 0 Å². The van der Waals surface area contributed by atoms with Gasteiger partial charge in [0, 0.05) is 17.9 Å². The minimum Gasteiger partial charge on any atom is -0.492 e. The van der Waals surface area contributed by atoms with Crippen molar-refractivity contribution in [3.05, 3.63) is 53.6 Å². The molecule has 0 atom stereocenters. The van der Waals surface area contributed by atoms with E-state index in [-0.39, 0.29) is 18.3 Å². The molecule has 6 heteroatoms. The molecular weight excluding hydrogens is 350 g/mol. The molecule has 2 aromatic rings. The van der Waals surface area contributed by atoms with Crippen LogP contribution < -0.4 is 20.7 Å². The SMILES string of the molecule is Cc1cccc(OCCNC(=O)CN2CCCc3c(N)cccc32)c1.Cl. The second-order valence-electron chi connectivity index (χ2n) is 6.38. The minimum absolute atomic E-state index is 0. The predicted octanol–water partition coefficient (Wildman–Crippen LogP) is 2.95. The Kier molecular flexibility index (Phi) is 7.16. The van der Waals surface area contributed by atoms with Crippen molar-refractivity contribution in [2.24, 2.45) is 0 Å². The van der Waals surface area contributed by atoms with Gasteiger partial charge in [0.05, 0.1) is 13.1 Å². The summed E-state index contributed by atoms with van der Waals surface area (Å²) in [5, 5.41) is 2.92. The van der Waals surface area contributed by atoms with Crippen LogP contribution in [0, 0.1) is 6.92 Å². The van der Waals surface area contributed by atoms with Crippen molar-refractivity contribution in [2.45, 2.75) is 19.8 Å². The Bertz CT molecular complexity index is 752. The lowest BCUT2D eigenvalue weighted by atomic mass is 10.00. The molecule has 0 bridgehead atoms. The van der Waals surface area contributed by atoms with Crippen LogP contribution in [-0.4, -0.2) is 32.1 Å². The number of carbonyl (C=O) groups is 1. The van der Waals surface area contributed by atoms with Gasteiger partial charge in [-0.1, -0.05) is 18.2 Å². The highest BCUT2D eigenvalue weighted by atomic mass is 35.5. The highest BCUT2D eigenvalue weighted by Gasteiger charge is 2.20. The predicted molar refractivity (Wildman–Crippen MR) is 108 cm³/mol. The fourth-order valence-corrected chi connectivity index (χ4v) is 3.19. The summed E-state index contributed by atoms with van der Waals surface area (Å²) in [6, 6.07) is 13.8. The monoisotopic (exact) mass is 375 g/mol. The molecule has 1 amide bonds. The lowest BCUT2D eigenvalue weighted by Gasteiger charge is -2.31. The molecule has 1 aliphatic rings. The van der Waals surface area contributed by atoms with Crippen LogP contribution in [0.2, 0.25) is 0 Å². The van der Waals surface area contributed by atoms with E-state index in [1.807, 2.05) is 49.4 Å². The number of nitrogen functional groups attached to an aromatic ring is 1. The van der Waals surface area contributed by atoms with Crippen molar-refractivity contribution in [2.75, 3.05) is 36.9 Å². The molecule has 26 heavy (non-hydrogen) atoms. The molecule has 0 spiro atoms. The Balaban J connectivity index is 0.00000243. The van der Waals surface area contributed by atoms with Crippen LogP contribution in [0.1, 0.15) is 17.5 Å². The van der Waals surface area contributed by atoms with Crippen LogP contribution in [0.4, 0.5) is 11.4 Å². The number of nitrogens with two attached hydrogens (primary N) is 1. The maximum atomic E-state index is 12.2. The summed E-state index contributed by atoms with van der Waals surface area (Å²) in [5.74, 6) is 0.831. The Morgan fingerprint density at radius 3 is 2.88 bits per heavy atom. The van der Waals surface area contributed by atoms with E-state index in [0.717, 1.165) is 47.6 Å². The smallest absolute Gasteiger partial charge is 0.239 e. The number of hydrogen-bond donors (Lipinski definition) is 2. The number of hydrogen-bond acceptors (Lipinski definition) is 4. The number of ether oxygens (including phenoxy) is 1. The van der Waals surface area contributed by atoms with E-state index in [2.05, 4.69) is 10.2 Å². The summed E-state index contributed by atoms with van der Waals surface area (Å²) in [5.41, 5.74) is 10.3. The van der Waals surface area contributed by atoms with Gasteiger partial charge >= 0.3 is 0 Å². The Labute approximate surface area is 160 Å². The highest BCUT2D eigenvalue weighted by Crippen LogP contribution is 2.30. The number of nitrogens with one attached hydrogen (secondary N) is 1. The molecule has 5 nitrogen and oxygen atoms in total. The van der Waals surface area contributed by atoms with Gasteiger partial charge in [-0.2, -0.15) is 0 Å². The fraction of sp³-hybridized carbons (Fsp3) is 0.350. The van der Waals surface area contributed by atoms with Gasteiger partial charge in [-0.25, -0.2) is 0 Å². The number of halogens is 1. The summed E-state index contributed by atoms with van der Waals surface area (Å²) in [6.45, 7) is 4.20. The van der Waals surface area contributed by atoms with E-state index in [1.165, 1.54) is 0 Å². The minimum atomic E-state index is 0. The number of fused-ring (bicyclic) bond motifs is 1. The van der Waals surface area contributed by atoms with E-state index in [0.29, 0.717) is 19.7 Å². The standard InChI is InChI=1S/C20H25N3O2.ClH/c1-15-5-2-6-16(13-15)25-12-10-22-20(24)14-23-11-4-7-17-18(21)8-3-9-19(17)23;/h2-3,5-6,8-9,13H,4,7,10-12,14,21H2,1H3,(H,22,24);1H. The third-order valence-corrected chi connectivity index (χ3v) is 4.40. The highest BCUT2D eigenvalue weighted by molar-refractivity contribution is 5.85. The first-order chi connectivity index (χ1) is 12.1. The quantitative estimate of drug-likeness (QED) is 0.601. The van der Waals surface area contributed by atoms with Crippen LogP contribution >= 0.6 is 12.4 Å². The number of nitrogens with zero attached hydrogens (tertiary/aromatic N) is 1. The summed E-state index contributed by atoms with van der Waals surface area (Å²) < 4.78 is 5.65. The maximum Gasteiger partial charge on any atom is 0.239 e. The van der Waals surface area contributed by atoms with Crippen molar-refractivity contribution in [1.82, 2.24) is 5.32 Å². The largest absolute Gasteiger partial charge is 0.492 e. The first kappa shape index (κ1) is 19.9. The van der Waals surface area contributed by atoms with E-state index in [4.69, 9.17) is 10.5 Å². The van der Waals surface area contributed by atoms with E-state index in [9.17, 15) is 4.79 Å². The molecule has 3 N–H and O–H groups in total. The molecule has 0 saturated carbocycles. The molecule has 1 aliphatic heterocycles. The number of amides is 1. The van der Waals surface area contributed by atoms with Crippen molar-refractivity contribution < 1.29 is 9.53 Å². The van der Waals surface area contributed by atoms with Gasteiger partial charge < -0.3 is 20.7 Å². The summed E-state index contributed by atoms with van der Waals surface area (Å²) in [7, 11) is 0. The Morgan fingerprint density at radius 2 is 2.08 bits per heavy atom. The second-order valence-corrected chi connectivity index (χ2v) is 6.38. The van der Waals surface area contributed by atoms with Crippen LogP contribution in [0.15, 0.2) is 42.5 Å². The van der Waals surface area contributed by atoms with Gasteiger partial charge in [0.25, 0.3) is 0 Å². The second kappa shape index (κ2) is 9.34. The van der Waals surface area contributed by atoms with Gasteiger partial charge in [-0.15, -0.1) is 12.4 Å². The first-order valence-electron chi connectivity index (χ1n) is 8.72. The number of carbonyl (C=O) groups excluding carboxylic acids is 1. The van der Waals surface area contributed by atoms with Crippen LogP contribution in [0.5, 0.6) is 5.75 Å². The molecule has 2 aromatic carbocycles. The van der Waals surface area contributed by atoms with Crippen LogP contribution in [0.3, 0.4) is 0 Å². The average Bonchev–Trinajstić information content (AvgIpc) is 2.60. The summed E-state index contributed by atoms with van der Waals surface area (Å²) in [4.78, 5) is 14.3. The summed E-state index contributed by atoms with van der Waals surface area (Å²) >= 11 is 0. The van der Waals surface area contributed by atoms with Gasteiger partial charge in [0.2, 0.25) is 5.91 Å². The molecule has 0 aliphatic carbocycles. The number of aryl methyl sites for hydroxylation is 1. The number of benzene rings is 2. The Hall–Kier alpha value is -2.40. The van der Waals surface area contributed by atoms with Gasteiger partial charge in [-0.05, 0) is 55.2 Å². The third kappa shape index (κ3) is 5.05. The molecule has 0 fully saturated rings. The van der Waals surface area contributed by atoms with Crippen molar-refractivity contribution >= 4 is 29.7 Å². The van der Waals surface area contributed by atoms with E-state index >= 15 is 0 Å². The van der Waals surface area contributed by atoms with Crippen LogP contribution in [0.25, 0.3) is 0 Å². The van der Waals surface area contributed by atoms with Gasteiger partial charge in [0.1, 0.15) is 12.4 Å². The molecule has 0 radical (unpaired) electrons. The lowest BCUT2D eigenvalue weighted by Crippen LogP contribution is -2.41. The lowest BCUT2D eigenvalue weighted by molar-refractivity contribution is -0.119. The number of rotatable bonds is 6. The molecule has 3 rings (SSSR count). The molecule has 140 valence electrons. The van der Waals surface area contributed by atoms with Gasteiger partial charge in [-0.3, -0.25) is 4.79 Å². The average molecular weight is 376 g/mol. The first-order valence-corrected chi connectivity index (χ1v) is 8.72. The molecule has 0 aromatic heterocycles. The van der Waals surface area contributed by atoms with Gasteiger partial charge in [0.15, 0.2) is 0 Å². The van der Waals surface area contributed by atoms with Crippen molar-refractivity contribution in [1.29, 1.82) is 0 Å². The van der Waals surface area contributed by atoms with E-state index in [1.54, 1.807) is 0 Å².